The molecule has 0 spiro atoms. The lowest BCUT2D eigenvalue weighted by Gasteiger charge is -2.11. The first-order valence-electron chi connectivity index (χ1n) is 6.25. The Hall–Kier alpha value is -0.920. The van der Waals surface area contributed by atoms with E-state index in [9.17, 15) is 13.2 Å². The van der Waals surface area contributed by atoms with E-state index in [1.807, 2.05) is 13.8 Å². The summed E-state index contributed by atoms with van der Waals surface area (Å²) in [5, 5.41) is 2.66. The molecule has 0 bridgehead atoms. The number of benzene rings is 1. The molecule has 0 aromatic heterocycles. The van der Waals surface area contributed by atoms with Crippen molar-refractivity contribution < 1.29 is 13.2 Å². The Balaban J connectivity index is 2.71. The van der Waals surface area contributed by atoms with Crippen molar-refractivity contribution in [3.8, 4) is 0 Å². The summed E-state index contributed by atoms with van der Waals surface area (Å²) in [5.74, 6) is -0.0159. The summed E-state index contributed by atoms with van der Waals surface area (Å²) in [6.45, 7) is 5.90. The third kappa shape index (κ3) is 5.22. The highest BCUT2D eigenvalue weighted by Crippen LogP contribution is 2.20. The van der Waals surface area contributed by atoms with E-state index in [-0.39, 0.29) is 17.3 Å². The van der Waals surface area contributed by atoms with E-state index in [0.29, 0.717) is 22.5 Å². The number of hydrogen-bond acceptors (Lipinski definition) is 3. The average molecular weight is 363 g/mol. The van der Waals surface area contributed by atoms with Crippen LogP contribution in [0.5, 0.6) is 0 Å². The van der Waals surface area contributed by atoms with Crippen molar-refractivity contribution in [2.24, 2.45) is 5.92 Å². The summed E-state index contributed by atoms with van der Waals surface area (Å²) < 4.78 is 27.3. The van der Waals surface area contributed by atoms with Crippen molar-refractivity contribution in [2.75, 3.05) is 13.1 Å². The molecule has 0 aliphatic rings. The van der Waals surface area contributed by atoms with Crippen LogP contribution in [0, 0.1) is 12.8 Å². The van der Waals surface area contributed by atoms with Gasteiger partial charge in [0, 0.05) is 11.0 Å². The minimum absolute atomic E-state index is 0.170. The molecule has 0 atom stereocenters. The van der Waals surface area contributed by atoms with Gasteiger partial charge in [-0.25, -0.2) is 13.1 Å². The zero-order valence-electron chi connectivity index (χ0n) is 11.7. The summed E-state index contributed by atoms with van der Waals surface area (Å²) in [7, 11) is -3.69. The van der Waals surface area contributed by atoms with Gasteiger partial charge >= 0.3 is 0 Å². The van der Waals surface area contributed by atoms with Gasteiger partial charge in [0.1, 0.15) is 0 Å². The Morgan fingerprint density at radius 1 is 1.35 bits per heavy atom. The Kier molecular flexibility index (Phi) is 6.16. The van der Waals surface area contributed by atoms with E-state index in [2.05, 4.69) is 26.0 Å². The van der Waals surface area contributed by atoms with Gasteiger partial charge in [-0.3, -0.25) is 4.79 Å². The van der Waals surface area contributed by atoms with Gasteiger partial charge in [-0.2, -0.15) is 0 Å². The van der Waals surface area contributed by atoms with Gasteiger partial charge in [0.2, 0.25) is 15.9 Å². The number of nitrogens with one attached hydrogen (secondary N) is 2. The maximum absolute atomic E-state index is 12.1. The fourth-order valence-electron chi connectivity index (χ4n) is 1.48. The Bertz CT molecular complexity index is 585. The molecule has 0 radical (unpaired) electrons. The van der Waals surface area contributed by atoms with Crippen LogP contribution in [0.1, 0.15) is 19.4 Å². The SMILES string of the molecule is Cc1ccc(Br)cc1S(=O)(=O)NCC(=O)NCC(C)C. The van der Waals surface area contributed by atoms with Gasteiger partial charge in [0.25, 0.3) is 0 Å². The number of hydrogen-bond donors (Lipinski definition) is 2. The van der Waals surface area contributed by atoms with Crippen molar-refractivity contribution >= 4 is 31.9 Å². The molecule has 0 fully saturated rings. The fraction of sp³-hybridized carbons (Fsp3) is 0.462. The van der Waals surface area contributed by atoms with Crippen molar-refractivity contribution in [2.45, 2.75) is 25.7 Å². The smallest absolute Gasteiger partial charge is 0.241 e. The van der Waals surface area contributed by atoms with E-state index in [1.54, 1.807) is 19.1 Å². The maximum Gasteiger partial charge on any atom is 0.241 e. The largest absolute Gasteiger partial charge is 0.355 e. The monoisotopic (exact) mass is 362 g/mol. The van der Waals surface area contributed by atoms with Crippen molar-refractivity contribution in [1.29, 1.82) is 0 Å². The normalized spacial score (nSPS) is 11.7. The molecule has 112 valence electrons. The number of amides is 1. The van der Waals surface area contributed by atoms with Gasteiger partial charge in [-0.05, 0) is 30.5 Å². The fourth-order valence-corrected chi connectivity index (χ4v) is 3.25. The van der Waals surface area contributed by atoms with Crippen LogP contribution in [0.4, 0.5) is 0 Å². The lowest BCUT2D eigenvalue weighted by Crippen LogP contribution is -2.38. The molecule has 1 aromatic rings. The van der Waals surface area contributed by atoms with Crippen LogP contribution in [0.2, 0.25) is 0 Å². The van der Waals surface area contributed by atoms with Crippen LogP contribution < -0.4 is 10.0 Å². The quantitative estimate of drug-likeness (QED) is 0.810. The predicted octanol–water partition coefficient (Wildman–Crippen LogP) is 1.81. The van der Waals surface area contributed by atoms with Crippen molar-refractivity contribution in [1.82, 2.24) is 10.0 Å². The number of sulfonamides is 1. The Morgan fingerprint density at radius 3 is 2.60 bits per heavy atom. The van der Waals surface area contributed by atoms with E-state index in [0.717, 1.165) is 0 Å². The van der Waals surface area contributed by atoms with Crippen LogP contribution in [-0.4, -0.2) is 27.4 Å². The second-order valence-electron chi connectivity index (χ2n) is 4.93. The zero-order valence-corrected chi connectivity index (χ0v) is 14.1. The summed E-state index contributed by atoms with van der Waals surface area (Å²) in [6, 6.07) is 4.99. The van der Waals surface area contributed by atoms with Gasteiger partial charge in [-0.1, -0.05) is 35.8 Å². The highest BCUT2D eigenvalue weighted by atomic mass is 79.9. The topological polar surface area (TPSA) is 75.3 Å². The standard InChI is InChI=1S/C13H19BrN2O3S/c1-9(2)7-15-13(17)8-16-20(18,19)12-6-11(14)5-4-10(12)3/h4-6,9,16H,7-8H2,1-3H3,(H,15,17). The second kappa shape index (κ2) is 7.19. The van der Waals surface area contributed by atoms with Gasteiger partial charge < -0.3 is 5.32 Å². The van der Waals surface area contributed by atoms with E-state index >= 15 is 0 Å². The maximum atomic E-state index is 12.1. The molecular formula is C13H19BrN2O3S. The number of carbonyl (C=O) groups is 1. The number of aryl methyl sites for hydroxylation is 1. The van der Waals surface area contributed by atoms with Crippen LogP contribution >= 0.6 is 15.9 Å². The molecule has 7 heteroatoms. The molecule has 0 saturated carbocycles. The van der Waals surface area contributed by atoms with E-state index in [4.69, 9.17) is 0 Å². The van der Waals surface area contributed by atoms with Crippen LogP contribution in [0.15, 0.2) is 27.6 Å². The molecule has 0 heterocycles. The number of carbonyl (C=O) groups excluding carboxylic acids is 1. The van der Waals surface area contributed by atoms with Crippen LogP contribution in [-0.2, 0) is 14.8 Å². The molecule has 1 rings (SSSR count). The first-order chi connectivity index (χ1) is 9.22. The molecule has 1 aromatic carbocycles. The lowest BCUT2D eigenvalue weighted by molar-refractivity contribution is -0.120. The van der Waals surface area contributed by atoms with Gasteiger partial charge in [0.05, 0.1) is 11.4 Å². The van der Waals surface area contributed by atoms with Crippen LogP contribution in [0.25, 0.3) is 0 Å². The Morgan fingerprint density at radius 2 is 2.00 bits per heavy atom. The third-order valence-electron chi connectivity index (χ3n) is 2.57. The van der Waals surface area contributed by atoms with Crippen molar-refractivity contribution in [3.63, 3.8) is 0 Å². The predicted molar refractivity (Wildman–Crippen MR) is 81.9 cm³/mol. The molecule has 0 aliphatic carbocycles. The molecule has 0 unspecified atom stereocenters. The van der Waals surface area contributed by atoms with Crippen LogP contribution in [0.3, 0.4) is 0 Å². The summed E-state index contributed by atoms with van der Waals surface area (Å²) in [5.41, 5.74) is 0.628. The molecule has 2 N–H and O–H groups in total. The van der Waals surface area contributed by atoms with E-state index < -0.39 is 10.0 Å². The molecule has 0 aliphatic heterocycles. The second-order valence-corrected chi connectivity index (χ2v) is 7.58. The molecule has 5 nitrogen and oxygen atoms in total. The van der Waals surface area contributed by atoms with Crippen molar-refractivity contribution in [3.05, 3.63) is 28.2 Å². The highest BCUT2D eigenvalue weighted by molar-refractivity contribution is 9.10. The van der Waals surface area contributed by atoms with Gasteiger partial charge in [-0.15, -0.1) is 0 Å². The highest BCUT2D eigenvalue weighted by Gasteiger charge is 2.18. The third-order valence-corrected chi connectivity index (χ3v) is 4.61. The first-order valence-corrected chi connectivity index (χ1v) is 8.52. The minimum atomic E-state index is -3.69. The molecule has 20 heavy (non-hydrogen) atoms. The summed E-state index contributed by atoms with van der Waals surface area (Å²) >= 11 is 3.24. The number of halogens is 1. The summed E-state index contributed by atoms with van der Waals surface area (Å²) in [6.07, 6.45) is 0. The minimum Gasteiger partial charge on any atom is -0.355 e. The Labute approximate surface area is 128 Å². The number of rotatable bonds is 6. The molecule has 1 amide bonds. The average Bonchev–Trinajstić information content (AvgIpc) is 2.36. The lowest BCUT2D eigenvalue weighted by atomic mass is 10.2. The van der Waals surface area contributed by atoms with Gasteiger partial charge in [0.15, 0.2) is 0 Å². The summed E-state index contributed by atoms with van der Waals surface area (Å²) in [4.78, 5) is 11.7. The molecule has 0 saturated heterocycles. The van der Waals surface area contributed by atoms with E-state index in [1.165, 1.54) is 6.07 Å². The zero-order chi connectivity index (χ0) is 15.3. The first kappa shape index (κ1) is 17.1. The molecular weight excluding hydrogens is 344 g/mol.